The Morgan fingerprint density at radius 3 is 2.88 bits per heavy atom. The van der Waals surface area contributed by atoms with Crippen molar-refractivity contribution in [1.29, 1.82) is 0 Å². The van der Waals surface area contributed by atoms with Gasteiger partial charge >= 0.3 is 0 Å². The molecule has 1 heterocycles. The summed E-state index contributed by atoms with van der Waals surface area (Å²) < 4.78 is 11.7. The molecule has 17 heavy (non-hydrogen) atoms. The van der Waals surface area contributed by atoms with Crippen LogP contribution in [0.1, 0.15) is 6.92 Å². The molecule has 5 heteroatoms. The molecule has 2 rings (SSSR count). The third kappa shape index (κ3) is 3.17. The molecule has 0 saturated heterocycles. The summed E-state index contributed by atoms with van der Waals surface area (Å²) >= 11 is 3.32. The highest BCUT2D eigenvalue weighted by Crippen LogP contribution is 2.28. The molecule has 0 unspecified atom stereocenters. The zero-order valence-corrected chi connectivity index (χ0v) is 10.8. The lowest BCUT2D eigenvalue weighted by Gasteiger charge is -2.07. The standard InChI is InChI=1S/C12H11BrN2O2/c1-2-16-9-4-3-5-10(6-9)17-12-11(13)7-14-8-15-12/h3-8H,2H2,1H3. The van der Waals surface area contributed by atoms with Crippen molar-refractivity contribution in [1.82, 2.24) is 9.97 Å². The van der Waals surface area contributed by atoms with E-state index in [1.807, 2.05) is 31.2 Å². The van der Waals surface area contributed by atoms with Crippen LogP contribution in [-0.2, 0) is 0 Å². The van der Waals surface area contributed by atoms with Gasteiger partial charge in [-0.25, -0.2) is 9.97 Å². The number of halogens is 1. The first-order valence-electron chi connectivity index (χ1n) is 5.16. The van der Waals surface area contributed by atoms with Gasteiger partial charge in [-0.05, 0) is 35.0 Å². The molecule has 1 aromatic carbocycles. The first-order valence-corrected chi connectivity index (χ1v) is 5.95. The fraction of sp³-hybridized carbons (Fsp3) is 0.167. The monoisotopic (exact) mass is 294 g/mol. The molecule has 0 aliphatic heterocycles. The minimum absolute atomic E-state index is 0.480. The third-order valence-electron chi connectivity index (χ3n) is 1.96. The average molecular weight is 295 g/mol. The zero-order valence-electron chi connectivity index (χ0n) is 9.26. The Balaban J connectivity index is 2.18. The summed E-state index contributed by atoms with van der Waals surface area (Å²) in [6, 6.07) is 7.41. The molecule has 0 saturated carbocycles. The highest BCUT2D eigenvalue weighted by molar-refractivity contribution is 9.10. The molecule has 0 aliphatic carbocycles. The number of hydrogen-bond donors (Lipinski definition) is 0. The first kappa shape index (κ1) is 11.9. The lowest BCUT2D eigenvalue weighted by molar-refractivity contribution is 0.338. The maximum Gasteiger partial charge on any atom is 0.236 e. The quantitative estimate of drug-likeness (QED) is 0.866. The molecule has 4 nitrogen and oxygen atoms in total. The number of rotatable bonds is 4. The van der Waals surface area contributed by atoms with E-state index >= 15 is 0 Å². The second-order valence-electron chi connectivity index (χ2n) is 3.19. The molecule has 0 N–H and O–H groups in total. The second kappa shape index (κ2) is 5.63. The number of aromatic nitrogens is 2. The van der Waals surface area contributed by atoms with Gasteiger partial charge in [-0.3, -0.25) is 0 Å². The molecular weight excluding hydrogens is 284 g/mol. The molecule has 0 radical (unpaired) electrons. The Morgan fingerprint density at radius 1 is 1.29 bits per heavy atom. The van der Waals surface area contributed by atoms with Crippen molar-refractivity contribution in [2.45, 2.75) is 6.92 Å². The summed E-state index contributed by atoms with van der Waals surface area (Å²) in [6.45, 7) is 2.56. The molecule has 0 fully saturated rings. The van der Waals surface area contributed by atoms with Crippen LogP contribution in [0.4, 0.5) is 0 Å². The number of benzene rings is 1. The van der Waals surface area contributed by atoms with Crippen LogP contribution < -0.4 is 9.47 Å². The number of ether oxygens (including phenoxy) is 2. The minimum atomic E-state index is 0.480. The van der Waals surface area contributed by atoms with Gasteiger partial charge < -0.3 is 9.47 Å². The van der Waals surface area contributed by atoms with Gasteiger partial charge in [-0.1, -0.05) is 6.07 Å². The van der Waals surface area contributed by atoms with Crippen LogP contribution >= 0.6 is 15.9 Å². The van der Waals surface area contributed by atoms with E-state index in [-0.39, 0.29) is 0 Å². The van der Waals surface area contributed by atoms with Crippen LogP contribution in [-0.4, -0.2) is 16.6 Å². The van der Waals surface area contributed by atoms with Crippen molar-refractivity contribution < 1.29 is 9.47 Å². The maximum absolute atomic E-state index is 5.62. The van der Waals surface area contributed by atoms with E-state index in [1.165, 1.54) is 6.33 Å². The Hall–Kier alpha value is -1.62. The van der Waals surface area contributed by atoms with Gasteiger partial charge in [0.2, 0.25) is 5.88 Å². The van der Waals surface area contributed by atoms with Gasteiger partial charge in [0.1, 0.15) is 17.8 Å². The van der Waals surface area contributed by atoms with Gasteiger partial charge in [0.25, 0.3) is 0 Å². The van der Waals surface area contributed by atoms with E-state index in [0.29, 0.717) is 22.7 Å². The Morgan fingerprint density at radius 2 is 2.12 bits per heavy atom. The van der Waals surface area contributed by atoms with E-state index in [2.05, 4.69) is 25.9 Å². The highest BCUT2D eigenvalue weighted by Gasteiger charge is 2.04. The van der Waals surface area contributed by atoms with Crippen molar-refractivity contribution in [2.24, 2.45) is 0 Å². The van der Waals surface area contributed by atoms with E-state index in [4.69, 9.17) is 9.47 Å². The highest BCUT2D eigenvalue weighted by atomic mass is 79.9. The lowest BCUT2D eigenvalue weighted by Crippen LogP contribution is -1.93. The van der Waals surface area contributed by atoms with Crippen molar-refractivity contribution in [3.8, 4) is 17.4 Å². The van der Waals surface area contributed by atoms with E-state index in [0.717, 1.165) is 5.75 Å². The molecular formula is C12H11BrN2O2. The Kier molecular flexibility index (Phi) is 3.93. The summed E-state index contributed by atoms with van der Waals surface area (Å²) in [5, 5.41) is 0. The topological polar surface area (TPSA) is 44.2 Å². The second-order valence-corrected chi connectivity index (χ2v) is 4.04. The Labute approximate surface area is 108 Å². The molecule has 0 aliphatic rings. The van der Waals surface area contributed by atoms with Crippen LogP contribution in [0, 0.1) is 0 Å². The number of nitrogens with zero attached hydrogens (tertiary/aromatic N) is 2. The van der Waals surface area contributed by atoms with E-state index < -0.39 is 0 Å². The predicted octanol–water partition coefficient (Wildman–Crippen LogP) is 3.43. The van der Waals surface area contributed by atoms with Crippen molar-refractivity contribution in [3.05, 3.63) is 41.3 Å². The summed E-state index contributed by atoms with van der Waals surface area (Å²) in [6.07, 6.45) is 3.07. The van der Waals surface area contributed by atoms with Crippen LogP contribution in [0.5, 0.6) is 17.4 Å². The largest absolute Gasteiger partial charge is 0.494 e. The first-order chi connectivity index (χ1) is 8.29. The zero-order chi connectivity index (χ0) is 12.1. The van der Waals surface area contributed by atoms with Gasteiger partial charge in [0.15, 0.2) is 0 Å². The van der Waals surface area contributed by atoms with Gasteiger partial charge in [0.05, 0.1) is 11.1 Å². The van der Waals surface area contributed by atoms with Gasteiger partial charge in [-0.2, -0.15) is 0 Å². The van der Waals surface area contributed by atoms with E-state index in [9.17, 15) is 0 Å². The molecule has 0 atom stereocenters. The van der Waals surface area contributed by atoms with Crippen molar-refractivity contribution in [3.63, 3.8) is 0 Å². The van der Waals surface area contributed by atoms with Crippen LogP contribution in [0.3, 0.4) is 0 Å². The third-order valence-corrected chi connectivity index (χ3v) is 2.51. The summed E-state index contributed by atoms with van der Waals surface area (Å²) in [4.78, 5) is 7.90. The predicted molar refractivity (Wildman–Crippen MR) is 67.4 cm³/mol. The summed E-state index contributed by atoms with van der Waals surface area (Å²) in [7, 11) is 0. The fourth-order valence-electron chi connectivity index (χ4n) is 1.28. The molecule has 1 aromatic heterocycles. The molecule has 2 aromatic rings. The van der Waals surface area contributed by atoms with Crippen LogP contribution in [0.25, 0.3) is 0 Å². The minimum Gasteiger partial charge on any atom is -0.494 e. The number of hydrogen-bond acceptors (Lipinski definition) is 4. The SMILES string of the molecule is CCOc1cccc(Oc2ncncc2Br)c1. The van der Waals surface area contributed by atoms with Crippen molar-refractivity contribution >= 4 is 15.9 Å². The Bertz CT molecular complexity index is 505. The molecule has 88 valence electrons. The van der Waals surface area contributed by atoms with Gasteiger partial charge in [-0.15, -0.1) is 0 Å². The fourth-order valence-corrected chi connectivity index (χ4v) is 1.58. The molecule has 0 amide bonds. The van der Waals surface area contributed by atoms with Crippen LogP contribution in [0.2, 0.25) is 0 Å². The molecule has 0 spiro atoms. The normalized spacial score (nSPS) is 10.0. The lowest BCUT2D eigenvalue weighted by atomic mass is 10.3. The maximum atomic E-state index is 5.62. The summed E-state index contributed by atoms with van der Waals surface area (Å²) in [5.74, 6) is 1.93. The average Bonchev–Trinajstić information content (AvgIpc) is 2.33. The molecule has 0 bridgehead atoms. The van der Waals surface area contributed by atoms with Gasteiger partial charge in [0, 0.05) is 12.3 Å². The smallest absolute Gasteiger partial charge is 0.236 e. The van der Waals surface area contributed by atoms with Crippen LogP contribution in [0.15, 0.2) is 41.3 Å². The van der Waals surface area contributed by atoms with E-state index in [1.54, 1.807) is 6.20 Å². The van der Waals surface area contributed by atoms with Crippen molar-refractivity contribution in [2.75, 3.05) is 6.61 Å². The summed E-state index contributed by atoms with van der Waals surface area (Å²) in [5.41, 5.74) is 0.